The zero-order valence-corrected chi connectivity index (χ0v) is 11.0. The van der Waals surface area contributed by atoms with Gasteiger partial charge in [0.1, 0.15) is 6.33 Å². The number of hydrogen-bond donors (Lipinski definition) is 2. The third kappa shape index (κ3) is 3.82. The maximum atomic E-state index is 12.1. The molecule has 2 rings (SSSR count). The summed E-state index contributed by atoms with van der Waals surface area (Å²) >= 11 is 1.66. The molecule has 0 spiro atoms. The fraction of sp³-hybridized carbons (Fsp3) is 0.455. The van der Waals surface area contributed by atoms with Crippen LogP contribution in [0.15, 0.2) is 18.7 Å². The lowest BCUT2D eigenvalue weighted by molar-refractivity contribution is -0.137. The van der Waals surface area contributed by atoms with Crippen LogP contribution in [0.1, 0.15) is 6.42 Å². The first-order chi connectivity index (χ1) is 9.16. The Labute approximate surface area is 114 Å². The minimum atomic E-state index is -0.895. The molecule has 2 amide bonds. The van der Waals surface area contributed by atoms with Crippen molar-refractivity contribution in [3.8, 4) is 0 Å². The molecule has 1 aliphatic heterocycles. The average Bonchev–Trinajstić information content (AvgIpc) is 2.39. The molecule has 1 unspecified atom stereocenters. The number of nitrogens with one attached hydrogen (secondary N) is 1. The summed E-state index contributed by atoms with van der Waals surface area (Å²) in [6, 6.07) is -0.581. The predicted octanol–water partition coefficient (Wildman–Crippen LogP) is 0.901. The first-order valence-corrected chi connectivity index (χ1v) is 6.94. The van der Waals surface area contributed by atoms with Crippen molar-refractivity contribution in [2.75, 3.05) is 23.4 Å². The Kier molecular flexibility index (Phi) is 4.56. The van der Waals surface area contributed by atoms with Gasteiger partial charge in [0.15, 0.2) is 0 Å². The Hall–Kier alpha value is -1.83. The highest BCUT2D eigenvalue weighted by atomic mass is 32.2. The van der Waals surface area contributed by atoms with E-state index in [4.69, 9.17) is 5.11 Å². The molecule has 2 heterocycles. The van der Waals surface area contributed by atoms with Gasteiger partial charge in [-0.2, -0.15) is 11.8 Å². The number of rotatable bonds is 3. The van der Waals surface area contributed by atoms with Crippen molar-refractivity contribution in [2.24, 2.45) is 0 Å². The second-order valence-electron chi connectivity index (χ2n) is 4.08. The molecule has 7 nitrogen and oxygen atoms in total. The van der Waals surface area contributed by atoms with Crippen molar-refractivity contribution < 1.29 is 14.7 Å². The van der Waals surface area contributed by atoms with Crippen LogP contribution >= 0.6 is 11.8 Å². The van der Waals surface area contributed by atoms with Gasteiger partial charge in [0.2, 0.25) is 0 Å². The van der Waals surface area contributed by atoms with E-state index in [9.17, 15) is 9.59 Å². The van der Waals surface area contributed by atoms with Crippen molar-refractivity contribution in [2.45, 2.75) is 12.5 Å². The minimum absolute atomic E-state index is 0.0360. The van der Waals surface area contributed by atoms with Gasteiger partial charge in [0.25, 0.3) is 0 Å². The van der Waals surface area contributed by atoms with Gasteiger partial charge < -0.3 is 15.3 Å². The molecule has 0 saturated carbocycles. The summed E-state index contributed by atoms with van der Waals surface area (Å²) in [5, 5.41) is 11.5. The van der Waals surface area contributed by atoms with E-state index in [0.717, 1.165) is 5.75 Å². The number of carboxylic acids is 1. The molecule has 0 bridgehead atoms. The molecule has 1 atom stereocenters. The van der Waals surface area contributed by atoms with Gasteiger partial charge in [0, 0.05) is 18.1 Å². The quantitative estimate of drug-likeness (QED) is 0.855. The summed E-state index contributed by atoms with van der Waals surface area (Å²) in [7, 11) is 0. The van der Waals surface area contributed by atoms with Gasteiger partial charge in [-0.1, -0.05) is 0 Å². The summed E-state index contributed by atoms with van der Waals surface area (Å²) < 4.78 is 0. The summed E-state index contributed by atoms with van der Waals surface area (Å²) in [6.45, 7) is 0.544. The zero-order valence-electron chi connectivity index (χ0n) is 10.2. The van der Waals surface area contributed by atoms with Crippen LogP contribution < -0.4 is 5.32 Å². The number of aromatic nitrogens is 2. The summed E-state index contributed by atoms with van der Waals surface area (Å²) in [6.07, 6.45) is 4.33. The molecule has 1 saturated heterocycles. The van der Waals surface area contributed by atoms with E-state index in [2.05, 4.69) is 15.3 Å². The monoisotopic (exact) mass is 282 g/mol. The fourth-order valence-corrected chi connectivity index (χ4v) is 2.91. The maximum absolute atomic E-state index is 12.1. The van der Waals surface area contributed by atoms with Crippen molar-refractivity contribution in [1.82, 2.24) is 14.9 Å². The molecule has 0 aromatic carbocycles. The Balaban J connectivity index is 2.01. The SMILES string of the molecule is O=C(O)CC1CSCCN1C(=O)Nc1cncnc1. The fourth-order valence-electron chi connectivity index (χ4n) is 1.85. The van der Waals surface area contributed by atoms with Crippen LogP contribution in [0, 0.1) is 0 Å². The molecule has 1 aromatic rings. The van der Waals surface area contributed by atoms with Gasteiger partial charge >= 0.3 is 12.0 Å². The normalized spacial score (nSPS) is 18.9. The van der Waals surface area contributed by atoms with E-state index < -0.39 is 5.97 Å². The lowest BCUT2D eigenvalue weighted by Crippen LogP contribution is -2.48. The number of carbonyl (C=O) groups excluding carboxylic acids is 1. The van der Waals surface area contributed by atoms with Crippen LogP contribution in [0.2, 0.25) is 0 Å². The number of carbonyl (C=O) groups is 2. The number of anilines is 1. The van der Waals surface area contributed by atoms with Gasteiger partial charge in [-0.3, -0.25) is 4.79 Å². The number of carboxylic acid groups (broad SMARTS) is 1. The second-order valence-corrected chi connectivity index (χ2v) is 5.23. The standard InChI is InChI=1S/C11H14N4O3S/c16-10(17)3-9-6-19-2-1-15(9)11(18)14-8-4-12-7-13-5-8/h4-5,7,9H,1-3,6H2,(H,14,18)(H,16,17). The van der Waals surface area contributed by atoms with Crippen molar-refractivity contribution in [3.05, 3.63) is 18.7 Å². The van der Waals surface area contributed by atoms with E-state index in [1.54, 1.807) is 16.7 Å². The number of nitrogens with zero attached hydrogens (tertiary/aromatic N) is 3. The second kappa shape index (κ2) is 6.37. The molecular weight excluding hydrogens is 268 g/mol. The Morgan fingerprint density at radius 1 is 1.47 bits per heavy atom. The molecular formula is C11H14N4O3S. The predicted molar refractivity (Wildman–Crippen MR) is 71.1 cm³/mol. The average molecular weight is 282 g/mol. The van der Waals surface area contributed by atoms with Gasteiger partial charge in [0.05, 0.1) is 30.5 Å². The Morgan fingerprint density at radius 3 is 2.89 bits per heavy atom. The van der Waals surface area contributed by atoms with E-state index in [-0.39, 0.29) is 18.5 Å². The van der Waals surface area contributed by atoms with Crippen LogP contribution in [-0.2, 0) is 4.79 Å². The molecule has 1 fully saturated rings. The molecule has 0 aliphatic carbocycles. The Morgan fingerprint density at radius 2 is 2.21 bits per heavy atom. The number of hydrogen-bond acceptors (Lipinski definition) is 5. The molecule has 0 radical (unpaired) electrons. The minimum Gasteiger partial charge on any atom is -0.481 e. The number of urea groups is 1. The molecule has 1 aliphatic rings. The van der Waals surface area contributed by atoms with Gasteiger partial charge in [-0.15, -0.1) is 0 Å². The Bertz CT molecular complexity index is 457. The van der Waals surface area contributed by atoms with E-state index in [1.165, 1.54) is 18.7 Å². The van der Waals surface area contributed by atoms with Crippen molar-refractivity contribution >= 4 is 29.4 Å². The highest BCUT2D eigenvalue weighted by molar-refractivity contribution is 7.99. The highest BCUT2D eigenvalue weighted by Gasteiger charge is 2.28. The summed E-state index contributed by atoms with van der Waals surface area (Å²) in [4.78, 5) is 32.1. The van der Waals surface area contributed by atoms with E-state index in [0.29, 0.717) is 18.0 Å². The lowest BCUT2D eigenvalue weighted by Gasteiger charge is -2.34. The van der Waals surface area contributed by atoms with Crippen LogP contribution in [0.5, 0.6) is 0 Å². The third-order valence-corrected chi connectivity index (χ3v) is 3.80. The van der Waals surface area contributed by atoms with Crippen LogP contribution in [-0.4, -0.2) is 56.1 Å². The smallest absolute Gasteiger partial charge is 0.322 e. The van der Waals surface area contributed by atoms with Crippen LogP contribution in [0.25, 0.3) is 0 Å². The highest BCUT2D eigenvalue weighted by Crippen LogP contribution is 2.20. The first-order valence-electron chi connectivity index (χ1n) is 5.79. The molecule has 8 heteroatoms. The number of aliphatic carboxylic acids is 1. The van der Waals surface area contributed by atoms with Crippen molar-refractivity contribution in [1.29, 1.82) is 0 Å². The van der Waals surface area contributed by atoms with Crippen LogP contribution in [0.4, 0.5) is 10.5 Å². The van der Waals surface area contributed by atoms with Crippen molar-refractivity contribution in [3.63, 3.8) is 0 Å². The molecule has 1 aromatic heterocycles. The third-order valence-electron chi connectivity index (χ3n) is 2.71. The number of amides is 2. The topological polar surface area (TPSA) is 95.4 Å². The summed E-state index contributed by atoms with van der Waals surface area (Å²) in [5.74, 6) is 0.563. The zero-order chi connectivity index (χ0) is 13.7. The van der Waals surface area contributed by atoms with E-state index >= 15 is 0 Å². The number of thioether (sulfide) groups is 1. The first kappa shape index (κ1) is 13.6. The van der Waals surface area contributed by atoms with Gasteiger partial charge in [-0.05, 0) is 0 Å². The lowest BCUT2D eigenvalue weighted by atomic mass is 10.2. The van der Waals surface area contributed by atoms with Gasteiger partial charge in [-0.25, -0.2) is 14.8 Å². The van der Waals surface area contributed by atoms with Crippen LogP contribution in [0.3, 0.4) is 0 Å². The van der Waals surface area contributed by atoms with E-state index in [1.807, 2.05) is 0 Å². The summed E-state index contributed by atoms with van der Waals surface area (Å²) in [5.41, 5.74) is 0.500. The molecule has 19 heavy (non-hydrogen) atoms. The maximum Gasteiger partial charge on any atom is 0.322 e. The molecule has 102 valence electrons. The largest absolute Gasteiger partial charge is 0.481 e. The molecule has 2 N–H and O–H groups in total.